The summed E-state index contributed by atoms with van der Waals surface area (Å²) in [4.78, 5) is 26.8. The number of aromatic hydroxyl groups is 2. The Morgan fingerprint density at radius 1 is 1.29 bits per heavy atom. The fourth-order valence-electron chi connectivity index (χ4n) is 1.16. The van der Waals surface area contributed by atoms with E-state index in [0.29, 0.717) is 11.2 Å². The highest BCUT2D eigenvalue weighted by atomic mass is 16.7. The molecule has 94 valence electrons. The molecule has 0 aromatic carbocycles. The largest absolute Gasteiger partial charge is 0.492 e. The van der Waals surface area contributed by atoms with Crippen molar-refractivity contribution in [2.24, 2.45) is 0 Å². The Hall–Kier alpha value is -2.18. The van der Waals surface area contributed by atoms with Crippen LogP contribution in [0.5, 0.6) is 11.8 Å². The van der Waals surface area contributed by atoms with Gasteiger partial charge < -0.3 is 20.4 Å². The first-order chi connectivity index (χ1) is 8.04. The van der Waals surface area contributed by atoms with Gasteiger partial charge in [-0.15, -0.1) is 4.73 Å². The molecule has 0 saturated carbocycles. The van der Waals surface area contributed by atoms with Gasteiger partial charge in [-0.2, -0.15) is 0 Å². The number of hydrogen-bond donors (Lipinski definition) is 3. The summed E-state index contributed by atoms with van der Waals surface area (Å²) >= 11 is 0. The van der Waals surface area contributed by atoms with Gasteiger partial charge in [-0.25, -0.2) is 4.79 Å². The fraction of sp³-hybridized carbons (Fsp3) is 0.400. The summed E-state index contributed by atoms with van der Waals surface area (Å²) in [5.41, 5.74) is 0. The van der Waals surface area contributed by atoms with Crippen LogP contribution in [0.25, 0.3) is 0 Å². The van der Waals surface area contributed by atoms with Gasteiger partial charge in [-0.3, -0.25) is 4.79 Å². The van der Waals surface area contributed by atoms with Crippen LogP contribution in [0.2, 0.25) is 0 Å². The lowest BCUT2D eigenvalue weighted by Gasteiger charge is -2.06. The van der Waals surface area contributed by atoms with E-state index in [9.17, 15) is 19.8 Å². The first-order valence-electron chi connectivity index (χ1n) is 5.06. The standard InChI is InChI=1S/C10H14N2O5/c1-11-7(13)3-2-4-10(16)17-12-8(14)5-6-9(12)15/h5-6,14-15H,2-4H2,1H3,(H,11,13). The molecule has 0 unspecified atom stereocenters. The molecule has 0 bridgehead atoms. The van der Waals surface area contributed by atoms with E-state index in [1.165, 1.54) is 19.2 Å². The molecule has 17 heavy (non-hydrogen) atoms. The lowest BCUT2D eigenvalue weighted by atomic mass is 10.2. The lowest BCUT2D eigenvalue weighted by Crippen LogP contribution is -2.21. The third kappa shape index (κ3) is 3.71. The van der Waals surface area contributed by atoms with Gasteiger partial charge in [0.15, 0.2) is 0 Å². The van der Waals surface area contributed by atoms with Crippen molar-refractivity contribution in [3.05, 3.63) is 12.1 Å². The minimum atomic E-state index is -0.643. The molecule has 1 heterocycles. The van der Waals surface area contributed by atoms with Crippen molar-refractivity contribution < 1.29 is 24.6 Å². The second kappa shape index (κ2) is 5.78. The van der Waals surface area contributed by atoms with Crippen molar-refractivity contribution >= 4 is 11.9 Å². The Labute approximate surface area is 97.6 Å². The van der Waals surface area contributed by atoms with Crippen LogP contribution >= 0.6 is 0 Å². The molecule has 1 aromatic heterocycles. The molecule has 0 aliphatic heterocycles. The summed E-state index contributed by atoms with van der Waals surface area (Å²) in [5, 5.41) is 20.8. The number of amides is 1. The minimum Gasteiger partial charge on any atom is -0.492 e. The lowest BCUT2D eigenvalue weighted by molar-refractivity contribution is -0.145. The van der Waals surface area contributed by atoms with Crippen molar-refractivity contribution in [1.29, 1.82) is 0 Å². The summed E-state index contributed by atoms with van der Waals surface area (Å²) in [7, 11) is 1.51. The van der Waals surface area contributed by atoms with E-state index >= 15 is 0 Å². The molecule has 1 rings (SSSR count). The Balaban J connectivity index is 2.38. The molecule has 3 N–H and O–H groups in total. The number of nitrogens with zero attached hydrogens (tertiary/aromatic N) is 1. The van der Waals surface area contributed by atoms with E-state index in [1.807, 2.05) is 0 Å². The van der Waals surface area contributed by atoms with Crippen LogP contribution in [0.15, 0.2) is 12.1 Å². The average Bonchev–Trinajstić information content (AvgIpc) is 2.60. The van der Waals surface area contributed by atoms with Gasteiger partial charge in [0, 0.05) is 32.0 Å². The molecule has 1 amide bonds. The zero-order valence-corrected chi connectivity index (χ0v) is 9.34. The highest BCUT2D eigenvalue weighted by molar-refractivity contribution is 5.76. The first kappa shape index (κ1) is 12.9. The molecule has 0 fully saturated rings. The molecular weight excluding hydrogens is 228 g/mol. The number of aromatic nitrogens is 1. The molecule has 0 spiro atoms. The van der Waals surface area contributed by atoms with Crippen molar-refractivity contribution in [2.45, 2.75) is 19.3 Å². The van der Waals surface area contributed by atoms with Crippen LogP contribution in [0.4, 0.5) is 0 Å². The molecule has 0 radical (unpaired) electrons. The zero-order chi connectivity index (χ0) is 12.8. The van der Waals surface area contributed by atoms with Gasteiger partial charge in [-0.05, 0) is 6.42 Å². The second-order valence-corrected chi connectivity index (χ2v) is 3.33. The first-order valence-corrected chi connectivity index (χ1v) is 5.06. The van der Waals surface area contributed by atoms with Crippen LogP contribution in [-0.2, 0) is 9.59 Å². The van der Waals surface area contributed by atoms with E-state index in [0.717, 1.165) is 0 Å². The molecule has 7 nitrogen and oxygen atoms in total. The Bertz CT molecular complexity index is 393. The van der Waals surface area contributed by atoms with Gasteiger partial charge in [0.1, 0.15) is 0 Å². The van der Waals surface area contributed by atoms with E-state index in [-0.39, 0.29) is 30.5 Å². The van der Waals surface area contributed by atoms with Crippen molar-refractivity contribution in [3.63, 3.8) is 0 Å². The van der Waals surface area contributed by atoms with Crippen molar-refractivity contribution in [1.82, 2.24) is 10.0 Å². The van der Waals surface area contributed by atoms with Crippen LogP contribution < -0.4 is 10.2 Å². The maximum absolute atomic E-state index is 11.3. The summed E-state index contributed by atoms with van der Waals surface area (Å²) < 4.78 is 0.613. The van der Waals surface area contributed by atoms with Crippen LogP contribution in [0, 0.1) is 0 Å². The van der Waals surface area contributed by atoms with Crippen LogP contribution in [0.1, 0.15) is 19.3 Å². The third-order valence-electron chi connectivity index (χ3n) is 2.05. The van der Waals surface area contributed by atoms with E-state index < -0.39 is 5.97 Å². The smallest absolute Gasteiger partial charge is 0.333 e. The monoisotopic (exact) mass is 242 g/mol. The zero-order valence-electron chi connectivity index (χ0n) is 9.34. The van der Waals surface area contributed by atoms with Gasteiger partial charge in [0.2, 0.25) is 17.7 Å². The molecule has 1 aromatic rings. The van der Waals surface area contributed by atoms with E-state index in [1.54, 1.807) is 0 Å². The predicted molar refractivity (Wildman–Crippen MR) is 57.3 cm³/mol. The number of nitrogens with one attached hydrogen (secondary N) is 1. The van der Waals surface area contributed by atoms with Gasteiger partial charge in [0.25, 0.3) is 0 Å². The highest BCUT2D eigenvalue weighted by Crippen LogP contribution is 2.18. The third-order valence-corrected chi connectivity index (χ3v) is 2.05. The predicted octanol–water partition coefficient (Wildman–Crippen LogP) is -0.229. The molecule has 0 aliphatic carbocycles. The Morgan fingerprint density at radius 2 is 1.88 bits per heavy atom. The highest BCUT2D eigenvalue weighted by Gasteiger charge is 2.12. The maximum atomic E-state index is 11.3. The topological polar surface area (TPSA) is 101 Å². The number of hydrogen-bond acceptors (Lipinski definition) is 5. The number of carbonyl (C=O) groups is 2. The maximum Gasteiger partial charge on any atom is 0.333 e. The van der Waals surface area contributed by atoms with Crippen molar-refractivity contribution in [2.75, 3.05) is 7.05 Å². The van der Waals surface area contributed by atoms with Gasteiger partial charge >= 0.3 is 5.97 Å². The normalized spacial score (nSPS) is 9.94. The van der Waals surface area contributed by atoms with Crippen molar-refractivity contribution in [3.8, 4) is 11.8 Å². The number of rotatable bonds is 5. The quantitative estimate of drug-likeness (QED) is 0.662. The molecule has 7 heteroatoms. The average molecular weight is 242 g/mol. The minimum absolute atomic E-state index is 0.0183. The Kier molecular flexibility index (Phi) is 4.38. The van der Waals surface area contributed by atoms with Crippen LogP contribution in [-0.4, -0.2) is 33.9 Å². The van der Waals surface area contributed by atoms with Crippen LogP contribution in [0.3, 0.4) is 0 Å². The molecule has 0 aliphatic rings. The van der Waals surface area contributed by atoms with Gasteiger partial charge in [-0.1, -0.05) is 0 Å². The van der Waals surface area contributed by atoms with E-state index in [4.69, 9.17) is 0 Å². The number of carbonyl (C=O) groups excluding carboxylic acids is 2. The summed E-state index contributed by atoms with van der Waals surface area (Å²) in [6, 6.07) is 2.38. The fourth-order valence-corrected chi connectivity index (χ4v) is 1.16. The Morgan fingerprint density at radius 3 is 2.41 bits per heavy atom. The molecule has 0 saturated heterocycles. The van der Waals surface area contributed by atoms with E-state index in [2.05, 4.69) is 10.2 Å². The molecule has 0 atom stereocenters. The molecular formula is C10H14N2O5. The SMILES string of the molecule is CNC(=O)CCCC(=O)On1c(O)ccc1O. The van der Waals surface area contributed by atoms with Gasteiger partial charge in [0.05, 0.1) is 0 Å². The summed E-state index contributed by atoms with van der Waals surface area (Å²) in [5.74, 6) is -1.55. The second-order valence-electron chi connectivity index (χ2n) is 3.33. The summed E-state index contributed by atoms with van der Waals surface area (Å²) in [6.07, 6.45) is 0.570. The summed E-state index contributed by atoms with van der Waals surface area (Å²) in [6.45, 7) is 0.